The summed E-state index contributed by atoms with van der Waals surface area (Å²) in [5.41, 5.74) is 0.480. The van der Waals surface area contributed by atoms with E-state index in [1.807, 2.05) is 0 Å². The Balaban J connectivity index is 2.31. The van der Waals surface area contributed by atoms with Crippen LogP contribution in [0.25, 0.3) is 0 Å². The van der Waals surface area contributed by atoms with Gasteiger partial charge in [-0.15, -0.1) is 0 Å². The van der Waals surface area contributed by atoms with E-state index < -0.39 is 0 Å². The normalized spacial score (nSPS) is 9.89. The molecule has 0 unspecified atom stereocenters. The lowest BCUT2D eigenvalue weighted by molar-refractivity contribution is 0.112. The molecule has 0 aliphatic rings. The van der Waals surface area contributed by atoms with Gasteiger partial charge in [0.1, 0.15) is 17.9 Å². The third kappa shape index (κ3) is 2.66. The summed E-state index contributed by atoms with van der Waals surface area (Å²) in [6.07, 6.45) is 0.719. The van der Waals surface area contributed by atoms with Gasteiger partial charge in [-0.05, 0) is 42.5 Å². The lowest BCUT2D eigenvalue weighted by atomic mass is 10.2. The molecule has 0 saturated carbocycles. The fourth-order valence-corrected chi connectivity index (χ4v) is 1.48. The molecule has 0 fully saturated rings. The third-order valence-corrected chi connectivity index (χ3v) is 2.37. The van der Waals surface area contributed by atoms with E-state index in [1.165, 1.54) is 31.4 Å². The number of carbonyl (C=O) groups excluding carboxylic acids is 1. The number of ether oxygens (including phenoxy) is 2. The fourth-order valence-electron chi connectivity index (χ4n) is 1.48. The van der Waals surface area contributed by atoms with Gasteiger partial charge in [-0.25, -0.2) is 4.39 Å². The molecule has 0 atom stereocenters. The van der Waals surface area contributed by atoms with Crippen LogP contribution in [0.3, 0.4) is 0 Å². The summed E-state index contributed by atoms with van der Waals surface area (Å²) in [6, 6.07) is 10.4. The minimum atomic E-state index is -0.337. The van der Waals surface area contributed by atoms with Gasteiger partial charge in [0.2, 0.25) is 0 Å². The van der Waals surface area contributed by atoms with Crippen molar-refractivity contribution in [3.8, 4) is 17.2 Å². The summed E-state index contributed by atoms with van der Waals surface area (Å²) < 4.78 is 23.4. The topological polar surface area (TPSA) is 35.5 Å². The zero-order chi connectivity index (χ0) is 13.0. The first-order valence-electron chi connectivity index (χ1n) is 5.29. The van der Waals surface area contributed by atoms with E-state index in [0.29, 0.717) is 22.8 Å². The van der Waals surface area contributed by atoms with Crippen molar-refractivity contribution in [3.63, 3.8) is 0 Å². The van der Waals surface area contributed by atoms with Crippen LogP contribution in [0.1, 0.15) is 10.4 Å². The molecule has 0 spiro atoms. The predicted octanol–water partition coefficient (Wildman–Crippen LogP) is 3.44. The number of methoxy groups -OCH3 is 1. The highest BCUT2D eigenvalue weighted by Gasteiger charge is 2.07. The highest BCUT2D eigenvalue weighted by atomic mass is 19.1. The van der Waals surface area contributed by atoms with Crippen LogP contribution in [0.2, 0.25) is 0 Å². The van der Waals surface area contributed by atoms with E-state index in [-0.39, 0.29) is 5.82 Å². The van der Waals surface area contributed by atoms with Crippen LogP contribution in [-0.4, -0.2) is 13.4 Å². The van der Waals surface area contributed by atoms with Crippen molar-refractivity contribution < 1.29 is 18.7 Å². The molecule has 3 nitrogen and oxygen atoms in total. The number of hydrogen-bond donors (Lipinski definition) is 0. The van der Waals surface area contributed by atoms with Crippen molar-refractivity contribution in [3.05, 3.63) is 53.8 Å². The molecule has 4 heteroatoms. The van der Waals surface area contributed by atoms with E-state index in [2.05, 4.69) is 0 Å². The molecule has 2 aromatic carbocycles. The summed E-state index contributed by atoms with van der Waals surface area (Å²) >= 11 is 0. The molecular weight excluding hydrogens is 235 g/mol. The van der Waals surface area contributed by atoms with E-state index in [1.54, 1.807) is 18.2 Å². The van der Waals surface area contributed by atoms with Gasteiger partial charge in [0, 0.05) is 5.56 Å². The van der Waals surface area contributed by atoms with Gasteiger partial charge in [0.15, 0.2) is 11.5 Å². The minimum Gasteiger partial charge on any atom is -0.493 e. The summed E-state index contributed by atoms with van der Waals surface area (Å²) in [7, 11) is 1.51. The van der Waals surface area contributed by atoms with Crippen molar-refractivity contribution in [1.29, 1.82) is 0 Å². The third-order valence-electron chi connectivity index (χ3n) is 2.37. The van der Waals surface area contributed by atoms with E-state index >= 15 is 0 Å². The first-order chi connectivity index (χ1) is 8.72. The van der Waals surface area contributed by atoms with Crippen molar-refractivity contribution >= 4 is 6.29 Å². The van der Waals surface area contributed by atoms with Crippen LogP contribution in [0.15, 0.2) is 42.5 Å². The Labute approximate surface area is 104 Å². The molecule has 0 bridgehead atoms. The fraction of sp³-hybridized carbons (Fsp3) is 0.0714. The molecule has 2 aromatic rings. The molecular formula is C14H11FO3. The Morgan fingerprint density at radius 3 is 2.39 bits per heavy atom. The van der Waals surface area contributed by atoms with Gasteiger partial charge in [0.25, 0.3) is 0 Å². The van der Waals surface area contributed by atoms with Gasteiger partial charge >= 0.3 is 0 Å². The van der Waals surface area contributed by atoms with Gasteiger partial charge in [-0.2, -0.15) is 0 Å². The molecule has 0 aliphatic heterocycles. The van der Waals surface area contributed by atoms with Gasteiger partial charge in [-0.1, -0.05) is 0 Å². The van der Waals surface area contributed by atoms with Crippen molar-refractivity contribution in [2.45, 2.75) is 0 Å². The Bertz CT molecular complexity index is 549. The smallest absolute Gasteiger partial charge is 0.169 e. The number of rotatable bonds is 4. The van der Waals surface area contributed by atoms with Crippen LogP contribution in [0.4, 0.5) is 4.39 Å². The van der Waals surface area contributed by atoms with Crippen molar-refractivity contribution in [2.75, 3.05) is 7.11 Å². The molecule has 0 saturated heterocycles. The zero-order valence-corrected chi connectivity index (χ0v) is 9.72. The summed E-state index contributed by atoms with van der Waals surface area (Å²) in [5, 5.41) is 0. The predicted molar refractivity (Wildman–Crippen MR) is 64.9 cm³/mol. The van der Waals surface area contributed by atoms with Gasteiger partial charge in [0.05, 0.1) is 7.11 Å². The first-order valence-corrected chi connectivity index (χ1v) is 5.29. The molecule has 0 amide bonds. The Morgan fingerprint density at radius 1 is 1.06 bits per heavy atom. The van der Waals surface area contributed by atoms with Crippen LogP contribution in [0, 0.1) is 5.82 Å². The maximum atomic E-state index is 12.8. The highest BCUT2D eigenvalue weighted by Crippen LogP contribution is 2.32. The molecule has 0 N–H and O–H groups in total. The van der Waals surface area contributed by atoms with Crippen LogP contribution in [-0.2, 0) is 0 Å². The van der Waals surface area contributed by atoms with Crippen LogP contribution in [0.5, 0.6) is 17.2 Å². The summed E-state index contributed by atoms with van der Waals surface area (Å²) in [6.45, 7) is 0. The average molecular weight is 246 g/mol. The molecule has 2 rings (SSSR count). The largest absolute Gasteiger partial charge is 0.493 e. The molecule has 0 aliphatic carbocycles. The quantitative estimate of drug-likeness (QED) is 0.775. The Hall–Kier alpha value is -2.36. The monoisotopic (exact) mass is 246 g/mol. The number of benzene rings is 2. The lowest BCUT2D eigenvalue weighted by Crippen LogP contribution is -1.92. The highest BCUT2D eigenvalue weighted by molar-refractivity contribution is 5.76. The maximum absolute atomic E-state index is 12.8. The summed E-state index contributed by atoms with van der Waals surface area (Å²) in [4.78, 5) is 10.7. The minimum absolute atomic E-state index is 0.337. The molecule has 0 aromatic heterocycles. The second kappa shape index (κ2) is 5.31. The maximum Gasteiger partial charge on any atom is 0.169 e. The number of carbonyl (C=O) groups is 1. The van der Waals surface area contributed by atoms with Crippen LogP contribution < -0.4 is 9.47 Å². The Morgan fingerprint density at radius 2 is 1.78 bits per heavy atom. The van der Waals surface area contributed by atoms with Crippen LogP contribution >= 0.6 is 0 Å². The average Bonchev–Trinajstić information content (AvgIpc) is 2.41. The van der Waals surface area contributed by atoms with E-state index in [0.717, 1.165) is 6.29 Å². The zero-order valence-electron chi connectivity index (χ0n) is 9.72. The molecule has 92 valence electrons. The standard InChI is InChI=1S/C14H11FO3/c1-17-13-7-2-10(9-16)8-14(13)18-12-5-3-11(15)4-6-12/h2-9H,1H3. The first kappa shape index (κ1) is 12.1. The second-order valence-electron chi connectivity index (χ2n) is 3.58. The number of hydrogen-bond acceptors (Lipinski definition) is 3. The lowest BCUT2D eigenvalue weighted by Gasteiger charge is -2.10. The molecule has 0 radical (unpaired) electrons. The van der Waals surface area contributed by atoms with Gasteiger partial charge < -0.3 is 9.47 Å². The van der Waals surface area contributed by atoms with Crippen molar-refractivity contribution in [1.82, 2.24) is 0 Å². The van der Waals surface area contributed by atoms with E-state index in [9.17, 15) is 9.18 Å². The summed E-state index contributed by atoms with van der Waals surface area (Å²) in [5.74, 6) is 1.05. The number of halogens is 1. The van der Waals surface area contributed by atoms with Gasteiger partial charge in [-0.3, -0.25) is 4.79 Å². The SMILES string of the molecule is COc1ccc(C=O)cc1Oc1ccc(F)cc1. The second-order valence-corrected chi connectivity index (χ2v) is 3.58. The number of aldehydes is 1. The molecule has 0 heterocycles. The molecule has 18 heavy (non-hydrogen) atoms. The van der Waals surface area contributed by atoms with Crippen molar-refractivity contribution in [2.24, 2.45) is 0 Å². The van der Waals surface area contributed by atoms with E-state index in [4.69, 9.17) is 9.47 Å². The Kier molecular flexibility index (Phi) is 3.57.